The summed E-state index contributed by atoms with van der Waals surface area (Å²) in [5.41, 5.74) is 3.11. The minimum atomic E-state index is -0.371. The van der Waals surface area contributed by atoms with E-state index in [4.69, 9.17) is 0 Å². The van der Waals surface area contributed by atoms with Crippen LogP contribution in [0.2, 0.25) is 0 Å². The molecular formula is C13H17N3O2. The number of hydrogen-bond acceptors (Lipinski definition) is 3. The van der Waals surface area contributed by atoms with Crippen LogP contribution in [-0.2, 0) is 9.59 Å². The molecule has 1 aromatic rings. The molecule has 1 aromatic carbocycles. The molecule has 5 heteroatoms. The molecule has 5 nitrogen and oxygen atoms in total. The maximum absolute atomic E-state index is 11.9. The van der Waals surface area contributed by atoms with Gasteiger partial charge in [-0.25, -0.2) is 0 Å². The lowest BCUT2D eigenvalue weighted by Crippen LogP contribution is -2.56. The molecule has 0 radical (unpaired) electrons. The van der Waals surface area contributed by atoms with Gasteiger partial charge < -0.3 is 10.6 Å². The molecule has 0 saturated carbocycles. The maximum atomic E-state index is 11.9. The number of aryl methyl sites for hydroxylation is 2. The van der Waals surface area contributed by atoms with Crippen molar-refractivity contribution in [2.45, 2.75) is 19.9 Å². The van der Waals surface area contributed by atoms with Crippen molar-refractivity contribution in [2.24, 2.45) is 0 Å². The third kappa shape index (κ3) is 2.87. The number of amides is 2. The van der Waals surface area contributed by atoms with E-state index in [0.717, 1.165) is 11.3 Å². The molecule has 0 aliphatic carbocycles. The molecular weight excluding hydrogens is 230 g/mol. The smallest absolute Gasteiger partial charge is 0.243 e. The van der Waals surface area contributed by atoms with Gasteiger partial charge in [0.05, 0.1) is 6.54 Å². The van der Waals surface area contributed by atoms with E-state index in [1.807, 2.05) is 32.0 Å². The summed E-state index contributed by atoms with van der Waals surface area (Å²) in [6.07, 6.45) is 0. The highest BCUT2D eigenvalue weighted by Crippen LogP contribution is 2.14. The first kappa shape index (κ1) is 12.6. The lowest BCUT2D eigenvalue weighted by molar-refractivity contribution is -0.124. The van der Waals surface area contributed by atoms with Crippen LogP contribution in [0.4, 0.5) is 5.69 Å². The summed E-state index contributed by atoms with van der Waals surface area (Å²) in [4.78, 5) is 22.9. The lowest BCUT2D eigenvalue weighted by Gasteiger charge is -2.23. The van der Waals surface area contributed by atoms with Crippen LogP contribution in [0.15, 0.2) is 18.2 Å². The number of anilines is 1. The van der Waals surface area contributed by atoms with E-state index in [0.29, 0.717) is 6.54 Å². The van der Waals surface area contributed by atoms with E-state index < -0.39 is 0 Å². The normalized spacial score (nSPS) is 19.2. The summed E-state index contributed by atoms with van der Waals surface area (Å²) in [5.74, 6) is -0.205. The third-order valence-electron chi connectivity index (χ3n) is 3.10. The largest absolute Gasteiger partial charge is 0.353 e. The van der Waals surface area contributed by atoms with Crippen molar-refractivity contribution in [3.05, 3.63) is 29.3 Å². The molecule has 1 aliphatic rings. The number of carbonyl (C=O) groups is 2. The topological polar surface area (TPSA) is 70.2 Å². The predicted octanol–water partition coefficient (Wildman–Crippen LogP) is 0.330. The molecule has 1 fully saturated rings. The molecule has 18 heavy (non-hydrogen) atoms. The van der Waals surface area contributed by atoms with Crippen molar-refractivity contribution in [1.29, 1.82) is 0 Å². The molecule has 2 amide bonds. The van der Waals surface area contributed by atoms with Crippen molar-refractivity contribution < 1.29 is 9.59 Å². The molecule has 1 unspecified atom stereocenters. The summed E-state index contributed by atoms with van der Waals surface area (Å²) in [5, 5.41) is 8.39. The fraction of sp³-hybridized carbons (Fsp3) is 0.385. The highest BCUT2D eigenvalue weighted by Gasteiger charge is 2.23. The van der Waals surface area contributed by atoms with Crippen LogP contribution in [0.3, 0.4) is 0 Å². The number of carbonyl (C=O) groups excluding carboxylic acids is 2. The minimum Gasteiger partial charge on any atom is -0.353 e. The molecule has 1 atom stereocenters. The Morgan fingerprint density at radius 3 is 2.72 bits per heavy atom. The Balaban J connectivity index is 1.98. The van der Waals surface area contributed by atoms with Gasteiger partial charge in [0.2, 0.25) is 11.8 Å². The van der Waals surface area contributed by atoms with Gasteiger partial charge in [-0.05, 0) is 37.1 Å². The SMILES string of the molecule is Cc1ccc(NC(=O)C2CNC(=O)CN2)cc1C. The molecule has 0 bridgehead atoms. The number of rotatable bonds is 2. The van der Waals surface area contributed by atoms with Gasteiger partial charge >= 0.3 is 0 Å². The van der Waals surface area contributed by atoms with Crippen LogP contribution < -0.4 is 16.0 Å². The van der Waals surface area contributed by atoms with Gasteiger partial charge in [-0.15, -0.1) is 0 Å². The number of nitrogens with one attached hydrogen (secondary N) is 3. The second-order valence-corrected chi connectivity index (χ2v) is 4.53. The lowest BCUT2D eigenvalue weighted by atomic mass is 10.1. The summed E-state index contributed by atoms with van der Waals surface area (Å²) in [6.45, 7) is 4.55. The second-order valence-electron chi connectivity index (χ2n) is 4.53. The number of benzene rings is 1. The van der Waals surface area contributed by atoms with Gasteiger partial charge in [-0.2, -0.15) is 0 Å². The van der Waals surface area contributed by atoms with Gasteiger partial charge in [0.1, 0.15) is 6.04 Å². The van der Waals surface area contributed by atoms with Crippen LogP contribution in [0.25, 0.3) is 0 Å². The second kappa shape index (κ2) is 5.18. The minimum absolute atomic E-state index is 0.0785. The van der Waals surface area contributed by atoms with Crippen molar-refractivity contribution >= 4 is 17.5 Å². The van der Waals surface area contributed by atoms with E-state index in [-0.39, 0.29) is 24.4 Å². The van der Waals surface area contributed by atoms with E-state index in [2.05, 4.69) is 16.0 Å². The molecule has 0 spiro atoms. The van der Waals surface area contributed by atoms with Crippen LogP contribution in [0.5, 0.6) is 0 Å². The van der Waals surface area contributed by atoms with Crippen LogP contribution >= 0.6 is 0 Å². The highest BCUT2D eigenvalue weighted by atomic mass is 16.2. The summed E-state index contributed by atoms with van der Waals surface area (Å²) < 4.78 is 0. The van der Waals surface area contributed by atoms with Crippen LogP contribution in [0.1, 0.15) is 11.1 Å². The average molecular weight is 247 g/mol. The molecule has 0 aromatic heterocycles. The third-order valence-corrected chi connectivity index (χ3v) is 3.10. The first-order valence-electron chi connectivity index (χ1n) is 5.94. The predicted molar refractivity (Wildman–Crippen MR) is 69.3 cm³/mol. The van der Waals surface area contributed by atoms with Gasteiger partial charge in [0, 0.05) is 12.2 Å². The Morgan fingerprint density at radius 1 is 1.33 bits per heavy atom. The van der Waals surface area contributed by atoms with Crippen LogP contribution in [0, 0.1) is 13.8 Å². The Hall–Kier alpha value is -1.88. The quantitative estimate of drug-likeness (QED) is 0.705. The van der Waals surface area contributed by atoms with Crippen molar-refractivity contribution in [3.8, 4) is 0 Å². The summed E-state index contributed by atoms with van der Waals surface area (Å²) in [6, 6.07) is 5.42. The van der Waals surface area contributed by atoms with Gasteiger partial charge in [-0.1, -0.05) is 6.07 Å². The van der Waals surface area contributed by atoms with Crippen molar-refractivity contribution in [3.63, 3.8) is 0 Å². The van der Waals surface area contributed by atoms with Crippen molar-refractivity contribution in [2.75, 3.05) is 18.4 Å². The number of hydrogen-bond donors (Lipinski definition) is 3. The molecule has 2 rings (SSSR count). The summed E-state index contributed by atoms with van der Waals surface area (Å²) in [7, 11) is 0. The molecule has 3 N–H and O–H groups in total. The standard InChI is InChI=1S/C13H17N3O2/c1-8-3-4-10(5-9(8)2)16-13(18)11-6-15-12(17)7-14-11/h3-5,11,14H,6-7H2,1-2H3,(H,15,17)(H,16,18). The monoisotopic (exact) mass is 247 g/mol. The Morgan fingerprint density at radius 2 is 2.11 bits per heavy atom. The molecule has 1 saturated heterocycles. The Kier molecular flexibility index (Phi) is 3.62. The fourth-order valence-electron chi connectivity index (χ4n) is 1.80. The van der Waals surface area contributed by atoms with E-state index in [1.165, 1.54) is 5.56 Å². The van der Waals surface area contributed by atoms with Gasteiger partial charge in [0.25, 0.3) is 0 Å². The van der Waals surface area contributed by atoms with Crippen molar-refractivity contribution in [1.82, 2.24) is 10.6 Å². The highest BCUT2D eigenvalue weighted by molar-refractivity contribution is 5.96. The van der Waals surface area contributed by atoms with E-state index >= 15 is 0 Å². The van der Waals surface area contributed by atoms with Gasteiger partial charge in [0.15, 0.2) is 0 Å². The molecule has 96 valence electrons. The maximum Gasteiger partial charge on any atom is 0.243 e. The van der Waals surface area contributed by atoms with E-state index in [1.54, 1.807) is 0 Å². The Labute approximate surface area is 106 Å². The zero-order chi connectivity index (χ0) is 13.1. The zero-order valence-corrected chi connectivity index (χ0v) is 10.5. The first-order chi connectivity index (χ1) is 8.56. The van der Waals surface area contributed by atoms with E-state index in [9.17, 15) is 9.59 Å². The zero-order valence-electron chi connectivity index (χ0n) is 10.5. The number of piperazine rings is 1. The van der Waals surface area contributed by atoms with Gasteiger partial charge in [-0.3, -0.25) is 14.9 Å². The first-order valence-corrected chi connectivity index (χ1v) is 5.94. The summed E-state index contributed by atoms with van der Waals surface area (Å²) >= 11 is 0. The molecule has 1 heterocycles. The molecule has 1 aliphatic heterocycles. The van der Waals surface area contributed by atoms with Crippen LogP contribution in [-0.4, -0.2) is 30.9 Å². The Bertz CT molecular complexity index is 475. The average Bonchev–Trinajstić information content (AvgIpc) is 2.34. The fourth-order valence-corrected chi connectivity index (χ4v) is 1.80.